The molecular weight excluding hydrogens is 358 g/mol. The maximum atomic E-state index is 12.3. The van der Waals surface area contributed by atoms with Crippen LogP contribution in [0, 0.1) is 5.92 Å². The van der Waals surface area contributed by atoms with Crippen LogP contribution >= 0.6 is 0 Å². The van der Waals surface area contributed by atoms with Crippen molar-refractivity contribution < 1.29 is 13.9 Å². The number of hydrogen-bond acceptors (Lipinski definition) is 6. The summed E-state index contributed by atoms with van der Waals surface area (Å²) in [5.74, 6) is 1.11. The van der Waals surface area contributed by atoms with Gasteiger partial charge in [0.2, 0.25) is 5.91 Å². The van der Waals surface area contributed by atoms with Crippen LogP contribution in [0.5, 0.6) is 5.75 Å². The number of hydrogen-bond donors (Lipinski definition) is 1. The van der Waals surface area contributed by atoms with Gasteiger partial charge in [-0.05, 0) is 30.9 Å². The van der Waals surface area contributed by atoms with E-state index in [-0.39, 0.29) is 11.8 Å². The molecule has 28 heavy (non-hydrogen) atoms. The fourth-order valence-corrected chi connectivity index (χ4v) is 3.66. The van der Waals surface area contributed by atoms with E-state index in [1.54, 1.807) is 18.0 Å². The molecule has 3 heterocycles. The number of methoxy groups -OCH3 is 1. The molecule has 1 aliphatic rings. The van der Waals surface area contributed by atoms with Crippen molar-refractivity contribution in [2.24, 2.45) is 13.0 Å². The van der Waals surface area contributed by atoms with Gasteiger partial charge in [0, 0.05) is 50.9 Å². The van der Waals surface area contributed by atoms with Crippen LogP contribution in [0.15, 0.2) is 35.0 Å². The summed E-state index contributed by atoms with van der Waals surface area (Å²) in [5.41, 5.74) is 2.53. The lowest BCUT2D eigenvalue weighted by atomic mass is 9.94. The number of anilines is 1. The average molecular weight is 383 g/mol. The Morgan fingerprint density at radius 1 is 1.43 bits per heavy atom. The summed E-state index contributed by atoms with van der Waals surface area (Å²) < 4.78 is 12.9. The Bertz CT molecular complexity index is 964. The van der Waals surface area contributed by atoms with Gasteiger partial charge in [0.1, 0.15) is 11.3 Å². The van der Waals surface area contributed by atoms with Crippen LogP contribution in [-0.4, -0.2) is 40.9 Å². The summed E-state index contributed by atoms with van der Waals surface area (Å²) in [6, 6.07) is 6.22. The molecule has 0 bridgehead atoms. The predicted octanol–water partition coefficient (Wildman–Crippen LogP) is 2.49. The molecule has 3 aromatic rings. The third-order valence-electron chi connectivity index (χ3n) is 5.10. The van der Waals surface area contributed by atoms with Crippen molar-refractivity contribution >= 4 is 23.0 Å². The van der Waals surface area contributed by atoms with E-state index in [0.717, 1.165) is 48.3 Å². The first-order chi connectivity index (χ1) is 13.6. The second-order valence-corrected chi connectivity index (χ2v) is 7.29. The van der Waals surface area contributed by atoms with Crippen LogP contribution in [0.1, 0.15) is 24.8 Å². The fourth-order valence-electron chi connectivity index (χ4n) is 3.66. The number of piperidine rings is 1. The van der Waals surface area contributed by atoms with E-state index in [0.29, 0.717) is 19.0 Å². The van der Waals surface area contributed by atoms with Crippen molar-refractivity contribution in [2.75, 3.05) is 25.1 Å². The molecule has 1 atom stereocenters. The quantitative estimate of drug-likeness (QED) is 0.704. The number of aromatic nitrogens is 3. The van der Waals surface area contributed by atoms with Gasteiger partial charge in [-0.25, -0.2) is 0 Å². The molecule has 8 heteroatoms. The number of oxazole rings is 1. The highest BCUT2D eigenvalue weighted by molar-refractivity contribution is 5.77. The van der Waals surface area contributed by atoms with Crippen molar-refractivity contribution in [3.63, 3.8) is 0 Å². The van der Waals surface area contributed by atoms with Crippen LogP contribution in [0.25, 0.3) is 11.1 Å². The molecule has 4 rings (SSSR count). The van der Waals surface area contributed by atoms with E-state index in [9.17, 15) is 4.79 Å². The lowest BCUT2D eigenvalue weighted by molar-refractivity contribution is -0.122. The molecule has 8 nitrogen and oxygen atoms in total. The molecule has 1 aromatic carbocycles. The number of benzene rings is 1. The molecule has 0 spiro atoms. The van der Waals surface area contributed by atoms with Crippen molar-refractivity contribution in [3.05, 3.63) is 36.2 Å². The molecule has 1 amide bonds. The lowest BCUT2D eigenvalue weighted by Gasteiger charge is -2.31. The summed E-state index contributed by atoms with van der Waals surface area (Å²) in [5, 5.41) is 7.10. The first-order valence-electron chi connectivity index (χ1n) is 9.54. The van der Waals surface area contributed by atoms with Crippen LogP contribution in [0.3, 0.4) is 0 Å². The number of rotatable bonds is 6. The van der Waals surface area contributed by atoms with Crippen molar-refractivity contribution in [2.45, 2.75) is 25.8 Å². The smallest absolute Gasteiger partial charge is 0.298 e. The van der Waals surface area contributed by atoms with Gasteiger partial charge in [-0.1, -0.05) is 0 Å². The molecule has 0 radical (unpaired) electrons. The zero-order valence-electron chi connectivity index (χ0n) is 16.2. The number of fused-ring (bicyclic) bond motifs is 1. The monoisotopic (exact) mass is 383 g/mol. The number of amides is 1. The number of aryl methyl sites for hydroxylation is 1. The van der Waals surface area contributed by atoms with E-state index in [1.165, 1.54) is 0 Å². The van der Waals surface area contributed by atoms with Crippen LogP contribution in [0.4, 0.5) is 6.01 Å². The Hall–Kier alpha value is -3.03. The molecule has 0 aliphatic carbocycles. The highest BCUT2D eigenvalue weighted by Crippen LogP contribution is 2.29. The maximum absolute atomic E-state index is 12.3. The van der Waals surface area contributed by atoms with Gasteiger partial charge in [-0.3, -0.25) is 9.48 Å². The molecule has 1 saturated heterocycles. The van der Waals surface area contributed by atoms with E-state index >= 15 is 0 Å². The third kappa shape index (κ3) is 4.11. The number of nitrogens with zero attached hydrogens (tertiary/aromatic N) is 4. The highest BCUT2D eigenvalue weighted by atomic mass is 16.5. The van der Waals surface area contributed by atoms with Crippen LogP contribution < -0.4 is 15.0 Å². The fraction of sp³-hybridized carbons (Fsp3) is 0.450. The summed E-state index contributed by atoms with van der Waals surface area (Å²) >= 11 is 0. The minimum Gasteiger partial charge on any atom is -0.497 e. The minimum absolute atomic E-state index is 0.0676. The van der Waals surface area contributed by atoms with Gasteiger partial charge < -0.3 is 19.4 Å². The minimum atomic E-state index is 0.0676. The first-order valence-corrected chi connectivity index (χ1v) is 9.54. The van der Waals surface area contributed by atoms with Gasteiger partial charge >= 0.3 is 0 Å². The van der Waals surface area contributed by atoms with E-state index in [1.807, 2.05) is 31.4 Å². The SMILES string of the molecule is COc1ccc2oc(N3CCCC(CC(=O)NCc4cnn(C)c4)C3)nc2c1. The predicted molar refractivity (Wildman–Crippen MR) is 105 cm³/mol. The second kappa shape index (κ2) is 7.92. The Morgan fingerprint density at radius 3 is 3.11 bits per heavy atom. The zero-order chi connectivity index (χ0) is 19.5. The second-order valence-electron chi connectivity index (χ2n) is 7.29. The van der Waals surface area contributed by atoms with Gasteiger partial charge in [0.25, 0.3) is 6.01 Å². The van der Waals surface area contributed by atoms with E-state index in [4.69, 9.17) is 9.15 Å². The van der Waals surface area contributed by atoms with Crippen molar-refractivity contribution in [3.8, 4) is 5.75 Å². The van der Waals surface area contributed by atoms with Gasteiger partial charge in [0.05, 0.1) is 13.3 Å². The molecule has 0 saturated carbocycles. The van der Waals surface area contributed by atoms with Crippen molar-refractivity contribution in [1.29, 1.82) is 0 Å². The molecule has 1 unspecified atom stereocenters. The third-order valence-corrected chi connectivity index (χ3v) is 5.10. The molecule has 2 aromatic heterocycles. The summed E-state index contributed by atoms with van der Waals surface area (Å²) in [6.07, 6.45) is 6.23. The molecule has 1 fully saturated rings. The van der Waals surface area contributed by atoms with Crippen LogP contribution in [0.2, 0.25) is 0 Å². The Labute approximate surface area is 163 Å². The first kappa shape index (κ1) is 18.3. The van der Waals surface area contributed by atoms with E-state index < -0.39 is 0 Å². The Balaban J connectivity index is 1.35. The molecule has 1 aliphatic heterocycles. The highest BCUT2D eigenvalue weighted by Gasteiger charge is 2.25. The topological polar surface area (TPSA) is 85.4 Å². The maximum Gasteiger partial charge on any atom is 0.298 e. The lowest BCUT2D eigenvalue weighted by Crippen LogP contribution is -2.38. The molecular formula is C20H25N5O3. The molecule has 148 valence electrons. The number of nitrogens with one attached hydrogen (secondary N) is 1. The van der Waals surface area contributed by atoms with E-state index in [2.05, 4.69) is 20.3 Å². The van der Waals surface area contributed by atoms with Gasteiger partial charge in [-0.2, -0.15) is 10.1 Å². The van der Waals surface area contributed by atoms with Crippen LogP contribution in [-0.2, 0) is 18.4 Å². The zero-order valence-corrected chi connectivity index (χ0v) is 16.2. The normalized spacial score (nSPS) is 17.1. The standard InChI is InChI=1S/C20H25N5O3/c1-24-12-15(11-22-24)10-21-19(26)8-14-4-3-7-25(13-14)20-23-17-9-16(27-2)5-6-18(17)28-20/h5-6,9,11-12,14H,3-4,7-8,10,13H2,1-2H3,(H,21,26). The molecule has 1 N–H and O–H groups in total. The number of carbonyl (C=O) groups is 1. The largest absolute Gasteiger partial charge is 0.497 e. The Kier molecular flexibility index (Phi) is 5.18. The van der Waals surface area contributed by atoms with Gasteiger partial charge in [0.15, 0.2) is 5.58 Å². The number of carbonyl (C=O) groups excluding carboxylic acids is 1. The average Bonchev–Trinajstić information content (AvgIpc) is 3.32. The van der Waals surface area contributed by atoms with Crippen molar-refractivity contribution in [1.82, 2.24) is 20.1 Å². The van der Waals surface area contributed by atoms with Gasteiger partial charge in [-0.15, -0.1) is 0 Å². The summed E-state index contributed by atoms with van der Waals surface area (Å²) in [6.45, 7) is 2.16. The number of ether oxygens (including phenoxy) is 1. The Morgan fingerprint density at radius 2 is 2.32 bits per heavy atom. The summed E-state index contributed by atoms with van der Waals surface area (Å²) in [7, 11) is 3.50. The summed E-state index contributed by atoms with van der Waals surface area (Å²) in [4.78, 5) is 19.1.